The van der Waals surface area contributed by atoms with Gasteiger partial charge in [0.05, 0.1) is 29.3 Å². The molecule has 6 rings (SSSR count). The van der Waals surface area contributed by atoms with Crippen LogP contribution in [0.5, 0.6) is 0 Å². The van der Waals surface area contributed by atoms with E-state index in [9.17, 15) is 4.79 Å². The number of nitrogens with zero attached hydrogens (tertiary/aromatic N) is 2. The number of carbonyl (C=O) groups is 1. The van der Waals surface area contributed by atoms with Crippen molar-refractivity contribution in [3.63, 3.8) is 0 Å². The lowest BCUT2D eigenvalue weighted by atomic mass is 9.32. The van der Waals surface area contributed by atoms with Crippen molar-refractivity contribution in [2.45, 2.75) is 24.3 Å². The number of thiazole rings is 1. The van der Waals surface area contributed by atoms with E-state index in [1.807, 2.05) is 29.6 Å². The lowest BCUT2D eigenvalue weighted by Crippen LogP contribution is -2.83. The van der Waals surface area contributed by atoms with Gasteiger partial charge in [-0.05, 0) is 18.9 Å². The maximum Gasteiger partial charge on any atom is 0.224 e. The van der Waals surface area contributed by atoms with Crippen LogP contribution in [0.2, 0.25) is 5.02 Å². The lowest BCUT2D eigenvalue weighted by molar-refractivity contribution is -0.246. The van der Waals surface area contributed by atoms with Crippen LogP contribution in [0.1, 0.15) is 23.8 Å². The smallest absolute Gasteiger partial charge is 0.224 e. The van der Waals surface area contributed by atoms with Gasteiger partial charge in [-0.1, -0.05) is 29.8 Å². The van der Waals surface area contributed by atoms with Gasteiger partial charge in [-0.3, -0.25) is 9.69 Å². The van der Waals surface area contributed by atoms with Gasteiger partial charge in [0.25, 0.3) is 0 Å². The first-order valence-electron chi connectivity index (χ1n) is 8.90. The van der Waals surface area contributed by atoms with Crippen LogP contribution in [-0.2, 0) is 9.53 Å². The Bertz CT molecular complexity index is 871. The molecule has 1 aliphatic heterocycles. The SMILES string of the molecule is NC(=O)C12CC(N3CCOCC3)(C1)C2c1nc(-c2ccccc2Cl)cs1. The number of morpholine rings is 1. The van der Waals surface area contributed by atoms with Crippen molar-refractivity contribution in [1.29, 1.82) is 0 Å². The van der Waals surface area contributed by atoms with Gasteiger partial charge in [0.2, 0.25) is 5.91 Å². The third kappa shape index (κ3) is 2.10. The van der Waals surface area contributed by atoms with Gasteiger partial charge in [0.1, 0.15) is 0 Å². The van der Waals surface area contributed by atoms with Gasteiger partial charge in [-0.25, -0.2) is 4.98 Å². The molecule has 5 nitrogen and oxygen atoms in total. The van der Waals surface area contributed by atoms with E-state index in [0.717, 1.165) is 55.4 Å². The van der Waals surface area contributed by atoms with Crippen LogP contribution < -0.4 is 5.73 Å². The van der Waals surface area contributed by atoms with Gasteiger partial charge in [-0.2, -0.15) is 0 Å². The molecular weight excluding hydrogens is 370 g/mol. The molecule has 3 aliphatic carbocycles. The van der Waals surface area contributed by atoms with Gasteiger partial charge in [0, 0.05) is 40.5 Å². The van der Waals surface area contributed by atoms with Gasteiger partial charge >= 0.3 is 0 Å². The molecule has 1 amide bonds. The highest BCUT2D eigenvalue weighted by Gasteiger charge is 2.81. The van der Waals surface area contributed by atoms with E-state index < -0.39 is 5.41 Å². The van der Waals surface area contributed by atoms with Crippen molar-refractivity contribution in [3.05, 3.63) is 39.7 Å². The van der Waals surface area contributed by atoms with E-state index in [-0.39, 0.29) is 17.4 Å². The monoisotopic (exact) mass is 389 g/mol. The van der Waals surface area contributed by atoms with E-state index in [1.165, 1.54) is 0 Å². The topological polar surface area (TPSA) is 68.5 Å². The second kappa shape index (κ2) is 5.76. The second-order valence-corrected chi connectivity index (χ2v) is 8.86. The predicted octanol–water partition coefficient (Wildman–Crippen LogP) is 2.90. The van der Waals surface area contributed by atoms with Crippen LogP contribution in [0.3, 0.4) is 0 Å². The Labute approximate surface area is 161 Å². The highest BCUT2D eigenvalue weighted by molar-refractivity contribution is 7.10. The molecule has 1 atom stereocenters. The molecule has 136 valence electrons. The average molecular weight is 390 g/mol. The zero-order valence-electron chi connectivity index (χ0n) is 14.3. The summed E-state index contributed by atoms with van der Waals surface area (Å²) in [6, 6.07) is 7.72. The molecule has 2 bridgehead atoms. The van der Waals surface area contributed by atoms with Crippen molar-refractivity contribution in [1.82, 2.24) is 9.88 Å². The first kappa shape index (κ1) is 16.7. The average Bonchev–Trinajstić information content (AvgIpc) is 3.02. The van der Waals surface area contributed by atoms with Crippen molar-refractivity contribution >= 4 is 28.8 Å². The van der Waals surface area contributed by atoms with Crippen LogP contribution in [0.4, 0.5) is 0 Å². The highest BCUT2D eigenvalue weighted by Crippen LogP contribution is 2.77. The van der Waals surface area contributed by atoms with E-state index in [1.54, 1.807) is 11.3 Å². The summed E-state index contributed by atoms with van der Waals surface area (Å²) >= 11 is 7.94. The standard InChI is InChI=1S/C19H20ClN3O2S/c20-13-4-2-1-3-12(13)14-9-26-16(22-14)15-18(17(21)24)10-19(15,11-18)23-5-7-25-8-6-23/h1-4,9,15H,5-8,10-11H2,(H2,21,24). The number of nitrogens with two attached hydrogens (primary N) is 1. The molecule has 0 spiro atoms. The van der Waals surface area contributed by atoms with Crippen molar-refractivity contribution in [2.24, 2.45) is 11.1 Å². The molecule has 2 heterocycles. The summed E-state index contributed by atoms with van der Waals surface area (Å²) in [7, 11) is 0. The zero-order valence-corrected chi connectivity index (χ0v) is 15.9. The molecule has 1 aromatic carbocycles. The normalized spacial score (nSPS) is 33.3. The van der Waals surface area contributed by atoms with Crippen LogP contribution in [-0.4, -0.2) is 47.6 Å². The first-order valence-corrected chi connectivity index (χ1v) is 10.2. The van der Waals surface area contributed by atoms with Crippen LogP contribution >= 0.6 is 22.9 Å². The summed E-state index contributed by atoms with van der Waals surface area (Å²) in [6.45, 7) is 3.32. The number of ether oxygens (including phenoxy) is 1. The van der Waals surface area contributed by atoms with Crippen molar-refractivity contribution < 1.29 is 9.53 Å². The molecule has 3 saturated carbocycles. The fraction of sp³-hybridized carbons (Fsp3) is 0.474. The van der Waals surface area contributed by atoms with Gasteiger partial charge in [-0.15, -0.1) is 11.3 Å². The van der Waals surface area contributed by atoms with Crippen LogP contribution in [0.25, 0.3) is 11.3 Å². The number of hydrogen-bond donors (Lipinski definition) is 1. The molecule has 7 heteroatoms. The summed E-state index contributed by atoms with van der Waals surface area (Å²) in [4.78, 5) is 19.6. The maximum absolute atomic E-state index is 12.2. The number of carbonyl (C=O) groups excluding carboxylic acids is 1. The Morgan fingerprint density at radius 2 is 2.04 bits per heavy atom. The zero-order chi connectivity index (χ0) is 17.9. The van der Waals surface area contributed by atoms with Crippen LogP contribution in [0, 0.1) is 5.41 Å². The summed E-state index contributed by atoms with van der Waals surface area (Å²) in [5.41, 5.74) is 7.20. The maximum atomic E-state index is 12.2. The Morgan fingerprint density at radius 3 is 2.73 bits per heavy atom. The number of halogens is 1. The summed E-state index contributed by atoms with van der Waals surface area (Å²) in [5, 5.41) is 3.73. The van der Waals surface area contributed by atoms with E-state index in [4.69, 9.17) is 27.1 Å². The summed E-state index contributed by atoms with van der Waals surface area (Å²) < 4.78 is 5.51. The Hall–Kier alpha value is -1.47. The molecule has 1 aromatic heterocycles. The molecule has 4 aliphatic rings. The number of hydrogen-bond acceptors (Lipinski definition) is 5. The quantitative estimate of drug-likeness (QED) is 0.872. The fourth-order valence-corrected chi connectivity index (χ4v) is 6.49. The number of amides is 1. The number of rotatable bonds is 4. The van der Waals surface area contributed by atoms with Crippen molar-refractivity contribution in [2.75, 3.05) is 26.3 Å². The van der Waals surface area contributed by atoms with E-state index in [2.05, 4.69) is 4.90 Å². The lowest BCUT2D eigenvalue weighted by Gasteiger charge is -2.77. The minimum absolute atomic E-state index is 0.0222. The minimum Gasteiger partial charge on any atom is -0.379 e. The highest BCUT2D eigenvalue weighted by atomic mass is 35.5. The molecular formula is C19H20ClN3O2S. The van der Waals surface area contributed by atoms with Gasteiger partial charge in [0.15, 0.2) is 0 Å². The number of benzene rings is 1. The molecule has 4 fully saturated rings. The third-order valence-electron chi connectivity index (χ3n) is 6.38. The minimum atomic E-state index is -0.423. The molecule has 26 heavy (non-hydrogen) atoms. The first-order chi connectivity index (χ1) is 12.6. The summed E-state index contributed by atoms with van der Waals surface area (Å²) in [6.07, 6.45) is 1.70. The largest absolute Gasteiger partial charge is 0.379 e. The van der Waals surface area contributed by atoms with Gasteiger partial charge < -0.3 is 10.5 Å². The Balaban J connectivity index is 1.50. The van der Waals surface area contributed by atoms with E-state index >= 15 is 0 Å². The molecule has 2 N–H and O–H groups in total. The second-order valence-electron chi connectivity index (χ2n) is 7.56. The van der Waals surface area contributed by atoms with E-state index in [0.29, 0.717) is 5.02 Å². The fourth-order valence-electron chi connectivity index (χ4n) is 5.11. The Morgan fingerprint density at radius 1 is 1.31 bits per heavy atom. The molecule has 1 saturated heterocycles. The van der Waals surface area contributed by atoms with Crippen LogP contribution in [0.15, 0.2) is 29.6 Å². The molecule has 2 aromatic rings. The predicted molar refractivity (Wildman–Crippen MR) is 101 cm³/mol. The Kier molecular flexibility index (Phi) is 3.70. The molecule has 0 radical (unpaired) electrons. The van der Waals surface area contributed by atoms with Crippen molar-refractivity contribution in [3.8, 4) is 11.3 Å². The molecule has 1 unspecified atom stereocenters. The number of aromatic nitrogens is 1. The third-order valence-corrected chi connectivity index (χ3v) is 7.62. The summed E-state index contributed by atoms with van der Waals surface area (Å²) in [5.74, 6) is -0.0982. The number of primary amides is 1.